The summed E-state index contributed by atoms with van der Waals surface area (Å²) in [5, 5.41) is 0.786. The van der Waals surface area contributed by atoms with Crippen LogP contribution in [0.4, 0.5) is 0 Å². The van der Waals surface area contributed by atoms with E-state index < -0.39 is 21.3 Å². The number of hydrogen-bond acceptors (Lipinski definition) is 0. The molecule has 0 spiro atoms. The maximum absolute atomic E-state index is 6.54. The summed E-state index contributed by atoms with van der Waals surface area (Å²) in [6, 6.07) is 30.5. The molecule has 0 aromatic heterocycles. The SMILES string of the molecule is CC(C)(C)c1cc2c(cc1C(C)(C)C)[CH](/[Zr+2]([C]1=CC=CC1)=[C](\c1ccccc1)c1ccc(Cl)cc1)c1cc(C(C)(C)C)c(C(C)(C)C)cc1-2.[Cl-].[Cl-]. The average Bonchev–Trinajstić information content (AvgIpc) is 3.64. The first-order valence-electron chi connectivity index (χ1n) is 18.1. The zero-order chi connectivity index (χ0) is 35.7. The fourth-order valence-electron chi connectivity index (χ4n) is 7.97. The standard InChI is InChI=1S/C29H41.C13H9Cl.C5H5.2ClH.Zr/c1-26(2,3)22-14-18-13-19-15-23(27(4,5)6)25(29(10,11)12)17-21(19)20(18)16-24(22)28(7,8)9;14-13-8-6-12(7-9-13)10-11-4-2-1-3-5-11;1-2-4-5-3-1;;;/h13-17H,1-12H3;1-9H;1-3H,4H2;2*1H;/q;;;;;+2/p-2. The molecule has 51 heavy (non-hydrogen) atoms. The van der Waals surface area contributed by atoms with Crippen LogP contribution in [-0.4, -0.2) is 3.21 Å². The Morgan fingerprint density at radius 1 is 0.569 bits per heavy atom. The molecule has 0 amide bonds. The van der Waals surface area contributed by atoms with Crippen LogP contribution >= 0.6 is 11.6 Å². The summed E-state index contributed by atoms with van der Waals surface area (Å²) in [4.78, 5) is 0. The summed E-state index contributed by atoms with van der Waals surface area (Å²) in [6.07, 6.45) is 8.21. The van der Waals surface area contributed by atoms with Crippen molar-refractivity contribution >= 4 is 14.8 Å². The van der Waals surface area contributed by atoms with E-state index >= 15 is 0 Å². The van der Waals surface area contributed by atoms with E-state index in [4.69, 9.17) is 11.6 Å². The zero-order valence-corrected chi connectivity index (χ0v) is 37.4. The van der Waals surface area contributed by atoms with Crippen LogP contribution in [0, 0.1) is 0 Å². The van der Waals surface area contributed by atoms with Gasteiger partial charge in [0.1, 0.15) is 0 Å². The van der Waals surface area contributed by atoms with E-state index in [9.17, 15) is 0 Å². The average molecular weight is 818 g/mol. The van der Waals surface area contributed by atoms with Gasteiger partial charge in [0, 0.05) is 0 Å². The Labute approximate surface area is 334 Å². The van der Waals surface area contributed by atoms with Gasteiger partial charge in [-0.25, -0.2) is 0 Å². The molecule has 6 rings (SSSR count). The molecule has 0 bridgehead atoms. The van der Waals surface area contributed by atoms with Crippen LogP contribution in [0.5, 0.6) is 0 Å². The molecule has 4 aromatic carbocycles. The molecule has 0 unspecified atom stereocenters. The van der Waals surface area contributed by atoms with Crippen LogP contribution in [0.2, 0.25) is 5.02 Å². The molecule has 0 radical (unpaired) electrons. The van der Waals surface area contributed by atoms with Crippen molar-refractivity contribution in [3.8, 4) is 11.1 Å². The molecule has 4 aromatic rings. The molecule has 0 saturated heterocycles. The topological polar surface area (TPSA) is 0 Å². The Morgan fingerprint density at radius 2 is 0.980 bits per heavy atom. The Balaban J connectivity index is 0.00000292. The molecule has 0 N–H and O–H groups in total. The third kappa shape index (κ3) is 8.24. The summed E-state index contributed by atoms with van der Waals surface area (Å²) >= 11 is 3.67. The van der Waals surface area contributed by atoms with Crippen molar-refractivity contribution < 1.29 is 46.1 Å². The van der Waals surface area contributed by atoms with Gasteiger partial charge in [0.25, 0.3) is 0 Å². The van der Waals surface area contributed by atoms with Crippen molar-refractivity contribution in [2.24, 2.45) is 0 Å². The van der Waals surface area contributed by atoms with E-state index in [0.717, 1.165) is 11.4 Å². The summed E-state index contributed by atoms with van der Waals surface area (Å²) in [7, 11) is 0. The third-order valence-corrected chi connectivity index (χ3v) is 18.9. The van der Waals surface area contributed by atoms with Crippen molar-refractivity contribution in [2.75, 3.05) is 0 Å². The number of halogens is 3. The van der Waals surface area contributed by atoms with Crippen LogP contribution < -0.4 is 24.8 Å². The molecule has 0 heterocycles. The molecule has 2 aliphatic rings. The molecule has 268 valence electrons. The number of allylic oxidation sites excluding steroid dienone is 4. The van der Waals surface area contributed by atoms with Gasteiger partial charge in [0.05, 0.1) is 0 Å². The summed E-state index contributed by atoms with van der Waals surface area (Å²) in [6.45, 7) is 28.7. The number of rotatable bonds is 4. The van der Waals surface area contributed by atoms with Crippen LogP contribution in [0.1, 0.15) is 138 Å². The number of hydrogen-bond donors (Lipinski definition) is 0. The Morgan fingerprint density at radius 3 is 1.37 bits per heavy atom. The van der Waals surface area contributed by atoms with E-state index in [1.54, 1.807) is 17.6 Å². The third-order valence-electron chi connectivity index (χ3n) is 10.4. The van der Waals surface area contributed by atoms with Gasteiger partial charge in [-0.1, -0.05) is 0 Å². The number of benzene rings is 4. The minimum atomic E-state index is -2.87. The van der Waals surface area contributed by atoms with Crippen LogP contribution in [0.3, 0.4) is 0 Å². The van der Waals surface area contributed by atoms with Crippen molar-refractivity contribution in [1.29, 1.82) is 0 Å². The predicted molar refractivity (Wildman–Crippen MR) is 211 cm³/mol. The minimum Gasteiger partial charge on any atom is -1.00 e. The van der Waals surface area contributed by atoms with Crippen LogP contribution in [-0.2, 0) is 42.9 Å². The fraction of sp³-hybridized carbons (Fsp3) is 0.383. The Kier molecular flexibility index (Phi) is 12.3. The molecule has 0 saturated carbocycles. The van der Waals surface area contributed by atoms with Gasteiger partial charge in [0.15, 0.2) is 0 Å². The summed E-state index contributed by atoms with van der Waals surface area (Å²) in [5.74, 6) is 0. The first-order chi connectivity index (χ1) is 22.8. The largest absolute Gasteiger partial charge is 1.00 e. The molecular formula is C47H55Cl3Zr. The van der Waals surface area contributed by atoms with Gasteiger partial charge in [-0.15, -0.1) is 0 Å². The van der Waals surface area contributed by atoms with Crippen molar-refractivity contribution in [2.45, 2.75) is 115 Å². The Hall–Kier alpha value is -2.02. The molecular weight excluding hydrogens is 762 g/mol. The van der Waals surface area contributed by atoms with E-state index in [2.05, 4.69) is 180 Å². The predicted octanol–water partition coefficient (Wildman–Crippen LogP) is 7.34. The molecule has 0 nitrogen and oxygen atoms in total. The maximum Gasteiger partial charge on any atom is -1.00 e. The van der Waals surface area contributed by atoms with Gasteiger partial charge in [-0.3, -0.25) is 0 Å². The maximum atomic E-state index is 6.54. The Bertz CT molecular complexity index is 1920. The van der Waals surface area contributed by atoms with Gasteiger partial charge < -0.3 is 24.8 Å². The van der Waals surface area contributed by atoms with Gasteiger partial charge in [-0.2, -0.15) is 0 Å². The molecule has 0 atom stereocenters. The zero-order valence-electron chi connectivity index (χ0n) is 32.7. The fourth-order valence-corrected chi connectivity index (χ4v) is 17.1. The second-order valence-corrected chi connectivity index (χ2v) is 25.1. The molecule has 4 heteroatoms. The van der Waals surface area contributed by atoms with Gasteiger partial charge in [-0.05, 0) is 0 Å². The summed E-state index contributed by atoms with van der Waals surface area (Å²) < 4.78 is 3.57. The van der Waals surface area contributed by atoms with E-state index in [-0.39, 0.29) is 46.5 Å². The quantitative estimate of drug-likeness (QED) is 0.203. The molecule has 0 aliphatic heterocycles. The second kappa shape index (κ2) is 15.0. The van der Waals surface area contributed by atoms with Crippen molar-refractivity contribution in [3.05, 3.63) is 150 Å². The smallest absolute Gasteiger partial charge is 1.00 e. The monoisotopic (exact) mass is 814 g/mol. The van der Waals surface area contributed by atoms with Crippen LogP contribution in [0.15, 0.2) is 100 Å². The minimum absolute atomic E-state index is 0. The van der Waals surface area contributed by atoms with Gasteiger partial charge in [0.2, 0.25) is 0 Å². The van der Waals surface area contributed by atoms with E-state index in [0.29, 0.717) is 3.63 Å². The molecule has 0 fully saturated rings. The van der Waals surface area contributed by atoms with E-state index in [1.807, 2.05) is 0 Å². The normalized spacial score (nSPS) is 14.7. The first-order valence-corrected chi connectivity index (χ1v) is 22.3. The summed E-state index contributed by atoms with van der Waals surface area (Å²) in [5.41, 5.74) is 14.7. The van der Waals surface area contributed by atoms with Crippen molar-refractivity contribution in [1.82, 2.24) is 0 Å². The van der Waals surface area contributed by atoms with Gasteiger partial charge >= 0.3 is 312 Å². The van der Waals surface area contributed by atoms with E-state index in [1.165, 1.54) is 44.5 Å². The van der Waals surface area contributed by atoms with Crippen LogP contribution in [0.25, 0.3) is 11.1 Å². The number of fused-ring (bicyclic) bond motifs is 3. The molecule has 2 aliphatic carbocycles. The second-order valence-electron chi connectivity index (χ2n) is 18.4. The van der Waals surface area contributed by atoms with Crippen molar-refractivity contribution in [3.63, 3.8) is 0 Å². The first kappa shape index (κ1) is 41.7.